The lowest BCUT2D eigenvalue weighted by molar-refractivity contribution is 0.588. The monoisotopic (exact) mass is 429 g/mol. The van der Waals surface area contributed by atoms with Crippen molar-refractivity contribution in [2.24, 2.45) is 0 Å². The van der Waals surface area contributed by atoms with Gasteiger partial charge in [-0.1, -0.05) is 17.7 Å². The van der Waals surface area contributed by atoms with Gasteiger partial charge in [0, 0.05) is 17.0 Å². The number of hydrogen-bond donors (Lipinski definition) is 0. The van der Waals surface area contributed by atoms with E-state index in [2.05, 4.69) is 4.98 Å². The van der Waals surface area contributed by atoms with Gasteiger partial charge < -0.3 is 0 Å². The number of thiophene rings is 1. The van der Waals surface area contributed by atoms with Crippen LogP contribution >= 0.6 is 22.9 Å². The van der Waals surface area contributed by atoms with Crippen molar-refractivity contribution in [3.63, 3.8) is 0 Å². The quantitative estimate of drug-likeness (QED) is 0.396. The lowest BCUT2D eigenvalue weighted by Gasteiger charge is -2.09. The van der Waals surface area contributed by atoms with E-state index in [0.29, 0.717) is 15.6 Å². The van der Waals surface area contributed by atoms with Crippen LogP contribution in [-0.2, 0) is 10.0 Å². The molecule has 0 radical (unpaired) electrons. The van der Waals surface area contributed by atoms with Crippen molar-refractivity contribution in [3.05, 3.63) is 75.2 Å². The number of nitrogens with zero attached hydrogens (tertiary/aromatic N) is 3. The molecule has 0 unspecified atom stereocenters. The molecule has 4 heterocycles. The molecule has 0 atom stereocenters. The summed E-state index contributed by atoms with van der Waals surface area (Å²) in [6, 6.07) is 11.9. The first kappa shape index (κ1) is 17.4. The van der Waals surface area contributed by atoms with Crippen LogP contribution in [0, 0.1) is 6.92 Å². The highest BCUT2D eigenvalue weighted by Gasteiger charge is 2.22. The molecule has 0 aliphatic heterocycles. The summed E-state index contributed by atoms with van der Waals surface area (Å²) in [5.74, 6) is 0. The summed E-state index contributed by atoms with van der Waals surface area (Å²) in [5, 5.41) is 3.07. The second-order valence-electron chi connectivity index (χ2n) is 6.42. The van der Waals surface area contributed by atoms with Crippen molar-refractivity contribution < 1.29 is 8.42 Å². The molecule has 0 bridgehead atoms. The Morgan fingerprint density at radius 2 is 1.86 bits per heavy atom. The lowest BCUT2D eigenvalue weighted by atomic mass is 10.2. The predicted molar refractivity (Wildman–Crippen MR) is 111 cm³/mol. The van der Waals surface area contributed by atoms with Gasteiger partial charge >= 0.3 is 0 Å². The summed E-state index contributed by atoms with van der Waals surface area (Å²) in [4.78, 5) is 17.2. The van der Waals surface area contributed by atoms with E-state index >= 15 is 0 Å². The van der Waals surface area contributed by atoms with Gasteiger partial charge in [0.25, 0.3) is 15.6 Å². The Morgan fingerprint density at radius 3 is 2.61 bits per heavy atom. The Balaban J connectivity index is 1.87. The molecule has 5 aromatic rings. The van der Waals surface area contributed by atoms with Crippen LogP contribution in [0.4, 0.5) is 0 Å². The highest BCUT2D eigenvalue weighted by molar-refractivity contribution is 7.90. The van der Waals surface area contributed by atoms with Crippen LogP contribution in [0.25, 0.3) is 26.6 Å². The lowest BCUT2D eigenvalue weighted by Crippen LogP contribution is -2.16. The smallest absolute Gasteiger partial charge is 0.267 e. The van der Waals surface area contributed by atoms with Gasteiger partial charge in [-0.05, 0) is 54.2 Å². The number of aryl methyl sites for hydroxylation is 1. The number of pyridine rings is 1. The van der Waals surface area contributed by atoms with Crippen LogP contribution in [-0.4, -0.2) is 21.8 Å². The molecule has 0 amide bonds. The highest BCUT2D eigenvalue weighted by atomic mass is 35.5. The Morgan fingerprint density at radius 1 is 1.11 bits per heavy atom. The first-order chi connectivity index (χ1) is 13.4. The molecule has 0 saturated heterocycles. The number of halogens is 1. The van der Waals surface area contributed by atoms with Gasteiger partial charge in [-0.15, -0.1) is 11.3 Å². The third-order valence-corrected chi connectivity index (χ3v) is 7.54. The molecule has 140 valence electrons. The standard InChI is InChI=1S/C19H12ClN3O3S2/c1-11-2-4-13(5-3-11)28(25,26)22-8-6-14-15-10-12-7-9-27-16(12)18(24)23(15)19(20)21-17(14)22/h2-10H,1H3. The fraction of sp³-hybridized carbons (Fsp3) is 0.0526. The zero-order valence-corrected chi connectivity index (χ0v) is 16.8. The van der Waals surface area contributed by atoms with Crippen LogP contribution in [0.3, 0.4) is 0 Å². The summed E-state index contributed by atoms with van der Waals surface area (Å²) in [6.07, 6.45) is 1.44. The van der Waals surface area contributed by atoms with Crippen molar-refractivity contribution >= 4 is 59.6 Å². The summed E-state index contributed by atoms with van der Waals surface area (Å²) < 4.78 is 29.2. The van der Waals surface area contributed by atoms with E-state index in [0.717, 1.165) is 14.9 Å². The Kier molecular flexibility index (Phi) is 3.67. The van der Waals surface area contributed by atoms with Gasteiger partial charge in [-0.3, -0.25) is 4.79 Å². The fourth-order valence-corrected chi connectivity index (χ4v) is 5.63. The molecular weight excluding hydrogens is 418 g/mol. The summed E-state index contributed by atoms with van der Waals surface area (Å²) in [6.45, 7) is 1.89. The molecule has 0 fully saturated rings. The van der Waals surface area contributed by atoms with Crippen LogP contribution in [0.15, 0.2) is 63.7 Å². The molecule has 28 heavy (non-hydrogen) atoms. The van der Waals surface area contributed by atoms with Crippen molar-refractivity contribution in [1.82, 2.24) is 13.4 Å². The molecule has 0 spiro atoms. The van der Waals surface area contributed by atoms with Crippen LogP contribution in [0.1, 0.15) is 5.56 Å². The van der Waals surface area contributed by atoms with E-state index < -0.39 is 10.0 Å². The molecular formula is C19H12ClN3O3S2. The second kappa shape index (κ2) is 5.91. The predicted octanol–water partition coefficient (Wildman–Crippen LogP) is 4.06. The average molecular weight is 430 g/mol. The van der Waals surface area contributed by atoms with Crippen molar-refractivity contribution in [3.8, 4) is 0 Å². The van der Waals surface area contributed by atoms with Gasteiger partial charge in [0.05, 0.1) is 10.4 Å². The van der Waals surface area contributed by atoms with Crippen LogP contribution in [0.2, 0.25) is 5.28 Å². The first-order valence-corrected chi connectivity index (χ1v) is 11.0. The van der Waals surface area contributed by atoms with Crippen LogP contribution in [0.5, 0.6) is 0 Å². The molecule has 1 aromatic carbocycles. The number of hydrogen-bond acceptors (Lipinski definition) is 5. The molecule has 9 heteroatoms. The molecule has 4 aromatic heterocycles. The van der Waals surface area contributed by atoms with E-state index in [-0.39, 0.29) is 21.4 Å². The maximum Gasteiger partial charge on any atom is 0.275 e. The van der Waals surface area contributed by atoms with Crippen molar-refractivity contribution in [1.29, 1.82) is 0 Å². The van der Waals surface area contributed by atoms with Gasteiger partial charge in [-0.25, -0.2) is 16.8 Å². The molecule has 6 nitrogen and oxygen atoms in total. The molecule has 0 saturated carbocycles. The number of aromatic nitrogens is 3. The molecule has 0 aliphatic rings. The summed E-state index contributed by atoms with van der Waals surface area (Å²) in [5.41, 5.74) is 1.39. The minimum absolute atomic E-state index is 0.0816. The maximum absolute atomic E-state index is 13.1. The summed E-state index contributed by atoms with van der Waals surface area (Å²) in [7, 11) is -3.86. The van der Waals surface area contributed by atoms with Gasteiger partial charge in [0.2, 0.25) is 5.28 Å². The maximum atomic E-state index is 13.1. The zero-order valence-electron chi connectivity index (χ0n) is 14.5. The number of rotatable bonds is 2. The molecule has 5 rings (SSSR count). The summed E-state index contributed by atoms with van der Waals surface area (Å²) >= 11 is 7.63. The van der Waals surface area contributed by atoms with Gasteiger partial charge in [0.15, 0.2) is 5.65 Å². The van der Waals surface area contributed by atoms with Gasteiger partial charge in [0.1, 0.15) is 4.70 Å². The Bertz CT molecular complexity index is 1560. The number of fused-ring (bicyclic) bond motifs is 4. The van der Waals surface area contributed by atoms with Crippen molar-refractivity contribution in [2.45, 2.75) is 11.8 Å². The fourth-order valence-electron chi connectivity index (χ4n) is 3.28. The van der Waals surface area contributed by atoms with Crippen LogP contribution < -0.4 is 5.56 Å². The minimum atomic E-state index is -3.86. The highest BCUT2D eigenvalue weighted by Crippen LogP contribution is 2.28. The van der Waals surface area contributed by atoms with E-state index in [4.69, 9.17) is 11.6 Å². The third-order valence-electron chi connectivity index (χ3n) is 4.69. The first-order valence-electron chi connectivity index (χ1n) is 8.30. The minimum Gasteiger partial charge on any atom is -0.267 e. The van der Waals surface area contributed by atoms with E-state index in [1.54, 1.807) is 30.3 Å². The largest absolute Gasteiger partial charge is 0.275 e. The van der Waals surface area contributed by atoms with E-state index in [1.807, 2.05) is 24.4 Å². The van der Waals surface area contributed by atoms with Gasteiger partial charge in [-0.2, -0.15) is 4.98 Å². The van der Waals surface area contributed by atoms with E-state index in [9.17, 15) is 13.2 Å². The zero-order chi connectivity index (χ0) is 19.6. The Labute approximate surface area is 168 Å². The Hall–Kier alpha value is -2.68. The SMILES string of the molecule is Cc1ccc(S(=O)(=O)n2ccc3c2nc(Cl)n2c(=O)c4sccc4cc32)cc1. The average Bonchev–Trinajstić information content (AvgIpc) is 3.29. The second-order valence-corrected chi connectivity index (χ2v) is 9.49. The third kappa shape index (κ3) is 2.35. The number of benzene rings is 1. The molecule has 0 N–H and O–H groups in total. The van der Waals surface area contributed by atoms with E-state index in [1.165, 1.54) is 21.9 Å². The normalized spacial score (nSPS) is 12.4. The topological polar surface area (TPSA) is 73.4 Å². The molecule has 0 aliphatic carbocycles. The van der Waals surface area contributed by atoms with Crippen molar-refractivity contribution in [2.75, 3.05) is 0 Å².